The summed E-state index contributed by atoms with van der Waals surface area (Å²) < 4.78 is 7.43. The molecule has 1 unspecified atom stereocenters. The van der Waals surface area contributed by atoms with Crippen molar-refractivity contribution in [2.45, 2.75) is 25.7 Å². The molecule has 0 aliphatic heterocycles. The molecule has 0 saturated carbocycles. The van der Waals surface area contributed by atoms with Crippen LogP contribution in [-0.4, -0.2) is 25.5 Å². The Kier molecular flexibility index (Phi) is 4.12. The summed E-state index contributed by atoms with van der Waals surface area (Å²) in [5.74, 6) is 0.660. The first-order valence-electron chi connectivity index (χ1n) is 7.43. The van der Waals surface area contributed by atoms with Crippen molar-refractivity contribution >= 4 is 0 Å². The Morgan fingerprint density at radius 2 is 1.65 bits per heavy atom. The van der Waals surface area contributed by atoms with Gasteiger partial charge in [-0.2, -0.15) is 5.10 Å². The zero-order chi connectivity index (χ0) is 16.3. The Bertz CT molecular complexity index is 732. The second-order valence-corrected chi connectivity index (χ2v) is 5.89. The lowest BCUT2D eigenvalue weighted by molar-refractivity contribution is -0.0796. The third-order valence-corrected chi connectivity index (χ3v) is 3.49. The van der Waals surface area contributed by atoms with Crippen LogP contribution in [0.2, 0.25) is 0 Å². The third-order valence-electron chi connectivity index (χ3n) is 3.49. The zero-order valence-electron chi connectivity index (χ0n) is 13.1. The van der Waals surface area contributed by atoms with Gasteiger partial charge in [-0.05, 0) is 37.1 Å². The van der Waals surface area contributed by atoms with Crippen LogP contribution < -0.4 is 4.74 Å². The molecule has 5 heteroatoms. The average Bonchev–Trinajstić information content (AvgIpc) is 3.07. The number of hydrogen-bond donors (Lipinski definition) is 1. The second kappa shape index (κ2) is 6.22. The number of ether oxygens (including phenoxy) is 1. The molecule has 0 saturated heterocycles. The molecule has 5 nitrogen and oxygen atoms in total. The summed E-state index contributed by atoms with van der Waals surface area (Å²) in [5.41, 5.74) is 1.15. The number of hydrogen-bond acceptors (Lipinski definition) is 4. The largest absolute Gasteiger partial charge is 0.466 e. The van der Waals surface area contributed by atoms with Crippen molar-refractivity contribution in [3.05, 3.63) is 67.3 Å². The van der Waals surface area contributed by atoms with E-state index in [4.69, 9.17) is 4.74 Å². The Morgan fingerprint density at radius 3 is 2.22 bits per heavy atom. The summed E-state index contributed by atoms with van der Waals surface area (Å²) in [4.78, 5) is 3.91. The van der Waals surface area contributed by atoms with Crippen LogP contribution in [0.3, 0.4) is 0 Å². The Hall–Kier alpha value is -2.66. The fourth-order valence-electron chi connectivity index (χ4n) is 2.35. The first kappa shape index (κ1) is 15.2. The van der Waals surface area contributed by atoms with E-state index in [0.29, 0.717) is 5.75 Å². The van der Waals surface area contributed by atoms with Crippen LogP contribution in [0.15, 0.2) is 67.3 Å². The standard InChI is InChI=1S/C18H19N3O2/c1-18(2,22)17(21-13-19-12-20-21)23-16-10-8-15(9-11-16)14-6-4-3-5-7-14/h3-13,17,22H,1-2H3. The van der Waals surface area contributed by atoms with E-state index in [2.05, 4.69) is 22.2 Å². The molecule has 118 valence electrons. The minimum absolute atomic E-state index is 0.660. The van der Waals surface area contributed by atoms with Crippen molar-refractivity contribution in [1.82, 2.24) is 14.8 Å². The van der Waals surface area contributed by atoms with E-state index in [-0.39, 0.29) is 0 Å². The highest BCUT2D eigenvalue weighted by molar-refractivity contribution is 5.63. The quantitative estimate of drug-likeness (QED) is 0.785. The summed E-state index contributed by atoms with van der Waals surface area (Å²) in [5, 5.41) is 14.4. The smallest absolute Gasteiger partial charge is 0.220 e. The molecule has 0 aliphatic carbocycles. The normalized spacial score (nSPS) is 12.8. The molecule has 23 heavy (non-hydrogen) atoms. The lowest BCUT2D eigenvalue weighted by Gasteiger charge is -2.29. The maximum absolute atomic E-state index is 10.3. The highest BCUT2D eigenvalue weighted by Crippen LogP contribution is 2.28. The molecule has 0 spiro atoms. The summed E-state index contributed by atoms with van der Waals surface area (Å²) in [6.45, 7) is 3.36. The highest BCUT2D eigenvalue weighted by atomic mass is 16.5. The summed E-state index contributed by atoms with van der Waals surface area (Å²) in [7, 11) is 0. The number of rotatable bonds is 5. The molecule has 0 radical (unpaired) electrons. The van der Waals surface area contributed by atoms with Gasteiger partial charge in [0.05, 0.1) is 0 Å². The van der Waals surface area contributed by atoms with Crippen molar-refractivity contribution in [2.24, 2.45) is 0 Å². The van der Waals surface area contributed by atoms with Gasteiger partial charge >= 0.3 is 0 Å². The SMILES string of the molecule is CC(C)(O)C(Oc1ccc(-c2ccccc2)cc1)n1cncn1. The van der Waals surface area contributed by atoms with Gasteiger partial charge < -0.3 is 9.84 Å². The van der Waals surface area contributed by atoms with Gasteiger partial charge in [-0.25, -0.2) is 9.67 Å². The van der Waals surface area contributed by atoms with E-state index in [9.17, 15) is 5.11 Å². The summed E-state index contributed by atoms with van der Waals surface area (Å²) in [6, 6.07) is 17.9. The van der Waals surface area contributed by atoms with E-state index in [1.165, 1.54) is 17.3 Å². The lowest BCUT2D eigenvalue weighted by atomic mass is 10.1. The Morgan fingerprint density at radius 1 is 1.00 bits per heavy atom. The third kappa shape index (κ3) is 3.57. The number of benzene rings is 2. The predicted octanol–water partition coefficient (Wildman–Crippen LogP) is 3.29. The van der Waals surface area contributed by atoms with Crippen LogP contribution in [-0.2, 0) is 0 Å². The Balaban J connectivity index is 1.82. The lowest BCUT2D eigenvalue weighted by Crippen LogP contribution is -2.37. The molecule has 1 aromatic heterocycles. The summed E-state index contributed by atoms with van der Waals surface area (Å²) >= 11 is 0. The maximum Gasteiger partial charge on any atom is 0.220 e. The molecule has 0 amide bonds. The second-order valence-electron chi connectivity index (χ2n) is 5.89. The van der Waals surface area contributed by atoms with Gasteiger partial charge in [-0.3, -0.25) is 0 Å². The van der Waals surface area contributed by atoms with Crippen LogP contribution >= 0.6 is 0 Å². The first-order chi connectivity index (χ1) is 11.0. The molecule has 0 bridgehead atoms. The minimum atomic E-state index is -1.11. The van der Waals surface area contributed by atoms with Gasteiger partial charge in [0, 0.05) is 0 Å². The van der Waals surface area contributed by atoms with Crippen LogP contribution in [0, 0.1) is 0 Å². The number of aliphatic hydroxyl groups is 1. The molecule has 1 atom stereocenters. The first-order valence-corrected chi connectivity index (χ1v) is 7.43. The van der Waals surface area contributed by atoms with E-state index >= 15 is 0 Å². The topological polar surface area (TPSA) is 60.2 Å². The van der Waals surface area contributed by atoms with Crippen LogP contribution in [0.1, 0.15) is 20.1 Å². The van der Waals surface area contributed by atoms with Gasteiger partial charge in [-0.15, -0.1) is 0 Å². The van der Waals surface area contributed by atoms with E-state index in [1.807, 2.05) is 42.5 Å². The molecule has 3 aromatic rings. The fraction of sp³-hybridized carbons (Fsp3) is 0.222. The van der Waals surface area contributed by atoms with E-state index < -0.39 is 11.8 Å². The van der Waals surface area contributed by atoms with E-state index in [1.54, 1.807) is 13.8 Å². The van der Waals surface area contributed by atoms with Crippen LogP contribution in [0.4, 0.5) is 0 Å². The van der Waals surface area contributed by atoms with Crippen molar-refractivity contribution in [1.29, 1.82) is 0 Å². The van der Waals surface area contributed by atoms with Crippen LogP contribution in [0.5, 0.6) is 5.75 Å². The molecule has 1 N–H and O–H groups in total. The fourth-order valence-corrected chi connectivity index (χ4v) is 2.35. The molecular formula is C18H19N3O2. The van der Waals surface area contributed by atoms with Crippen LogP contribution in [0.25, 0.3) is 11.1 Å². The maximum atomic E-state index is 10.3. The zero-order valence-corrected chi connectivity index (χ0v) is 13.1. The molecule has 0 fully saturated rings. The Labute approximate surface area is 135 Å². The number of nitrogens with zero attached hydrogens (tertiary/aromatic N) is 3. The molecule has 3 rings (SSSR count). The molecule has 0 aliphatic rings. The minimum Gasteiger partial charge on any atom is -0.466 e. The highest BCUT2D eigenvalue weighted by Gasteiger charge is 2.31. The molecule has 1 heterocycles. The number of aromatic nitrogens is 3. The average molecular weight is 309 g/mol. The van der Waals surface area contributed by atoms with Crippen molar-refractivity contribution in [3.8, 4) is 16.9 Å². The van der Waals surface area contributed by atoms with Gasteiger partial charge in [0.25, 0.3) is 0 Å². The van der Waals surface area contributed by atoms with Gasteiger partial charge in [-0.1, -0.05) is 42.5 Å². The summed E-state index contributed by atoms with van der Waals surface area (Å²) in [6.07, 6.45) is 2.29. The molecule has 2 aromatic carbocycles. The monoisotopic (exact) mass is 309 g/mol. The predicted molar refractivity (Wildman–Crippen MR) is 87.9 cm³/mol. The van der Waals surface area contributed by atoms with Crippen molar-refractivity contribution in [2.75, 3.05) is 0 Å². The van der Waals surface area contributed by atoms with Crippen molar-refractivity contribution in [3.63, 3.8) is 0 Å². The van der Waals surface area contributed by atoms with Gasteiger partial charge in [0.2, 0.25) is 6.23 Å². The van der Waals surface area contributed by atoms with E-state index in [0.717, 1.165) is 11.1 Å². The molecular weight excluding hydrogens is 290 g/mol. The van der Waals surface area contributed by atoms with Crippen molar-refractivity contribution < 1.29 is 9.84 Å². The van der Waals surface area contributed by atoms with Gasteiger partial charge in [0.15, 0.2) is 0 Å². The van der Waals surface area contributed by atoms with Gasteiger partial charge in [0.1, 0.15) is 24.0 Å².